The third-order valence-corrected chi connectivity index (χ3v) is 4.82. The lowest BCUT2D eigenvalue weighted by Gasteiger charge is -2.39. The van der Waals surface area contributed by atoms with Crippen molar-refractivity contribution in [2.75, 3.05) is 26.2 Å². The molecule has 1 saturated carbocycles. The Morgan fingerprint density at radius 1 is 1.28 bits per heavy atom. The molecule has 0 amide bonds. The van der Waals surface area contributed by atoms with Gasteiger partial charge in [-0.25, -0.2) is 0 Å². The number of hydrogen-bond acceptors (Lipinski definition) is 3. The van der Waals surface area contributed by atoms with Crippen LogP contribution in [0.2, 0.25) is 0 Å². The van der Waals surface area contributed by atoms with Crippen LogP contribution in [-0.4, -0.2) is 47.8 Å². The maximum atomic E-state index is 9.94. The highest BCUT2D eigenvalue weighted by Gasteiger charge is 2.46. The molecule has 1 saturated heterocycles. The van der Waals surface area contributed by atoms with Crippen molar-refractivity contribution < 1.29 is 5.11 Å². The van der Waals surface area contributed by atoms with Gasteiger partial charge in [-0.1, -0.05) is 13.8 Å². The standard InChI is InChI=1S/C15H30N2O/c1-3-9-16-15(12-18,13-7-8-13)11-17-10-5-6-14(17)4-2/h13-14,16,18H,3-12H2,1-2H3. The lowest BCUT2D eigenvalue weighted by Crippen LogP contribution is -2.58. The Kier molecular flexibility index (Phi) is 5.05. The molecule has 2 fully saturated rings. The number of aliphatic hydroxyl groups excluding tert-OH is 1. The van der Waals surface area contributed by atoms with Gasteiger partial charge < -0.3 is 10.4 Å². The van der Waals surface area contributed by atoms with E-state index < -0.39 is 0 Å². The van der Waals surface area contributed by atoms with Gasteiger partial charge >= 0.3 is 0 Å². The molecular formula is C15H30N2O. The first kappa shape index (κ1) is 14.3. The van der Waals surface area contributed by atoms with E-state index in [9.17, 15) is 5.11 Å². The smallest absolute Gasteiger partial charge is 0.0628 e. The minimum Gasteiger partial charge on any atom is -0.394 e. The van der Waals surface area contributed by atoms with Crippen LogP contribution in [0.1, 0.15) is 52.4 Å². The molecule has 18 heavy (non-hydrogen) atoms. The van der Waals surface area contributed by atoms with E-state index in [0.717, 1.165) is 25.6 Å². The molecule has 0 aromatic rings. The van der Waals surface area contributed by atoms with E-state index in [2.05, 4.69) is 24.1 Å². The molecule has 0 aromatic carbocycles. The number of rotatable bonds is 8. The van der Waals surface area contributed by atoms with Gasteiger partial charge in [-0.2, -0.15) is 0 Å². The van der Waals surface area contributed by atoms with E-state index in [4.69, 9.17) is 0 Å². The fourth-order valence-electron chi connectivity index (χ4n) is 3.50. The highest BCUT2D eigenvalue weighted by molar-refractivity contribution is 5.04. The lowest BCUT2D eigenvalue weighted by molar-refractivity contribution is 0.0843. The van der Waals surface area contributed by atoms with Crippen molar-refractivity contribution in [3.63, 3.8) is 0 Å². The Hall–Kier alpha value is -0.120. The van der Waals surface area contributed by atoms with Gasteiger partial charge in [-0.3, -0.25) is 4.90 Å². The molecule has 2 rings (SSSR count). The first-order chi connectivity index (χ1) is 8.75. The molecule has 2 N–H and O–H groups in total. The Labute approximate surface area is 112 Å². The molecule has 2 atom stereocenters. The largest absolute Gasteiger partial charge is 0.394 e. The first-order valence-corrected chi connectivity index (χ1v) is 7.85. The summed E-state index contributed by atoms with van der Waals surface area (Å²) in [6, 6.07) is 0.748. The van der Waals surface area contributed by atoms with Gasteiger partial charge in [0.1, 0.15) is 0 Å². The minimum atomic E-state index is -0.0201. The molecule has 106 valence electrons. The van der Waals surface area contributed by atoms with Crippen molar-refractivity contribution in [1.82, 2.24) is 10.2 Å². The van der Waals surface area contributed by atoms with Gasteiger partial charge in [0.2, 0.25) is 0 Å². The second-order valence-corrected chi connectivity index (χ2v) is 6.19. The Balaban J connectivity index is 1.99. The van der Waals surface area contributed by atoms with E-state index in [0.29, 0.717) is 12.5 Å². The zero-order valence-electron chi connectivity index (χ0n) is 12.1. The van der Waals surface area contributed by atoms with Crippen molar-refractivity contribution in [2.24, 2.45) is 5.92 Å². The molecule has 2 unspecified atom stereocenters. The average molecular weight is 254 g/mol. The quantitative estimate of drug-likeness (QED) is 0.695. The minimum absolute atomic E-state index is 0.0201. The third kappa shape index (κ3) is 3.06. The Bertz CT molecular complexity index is 255. The molecule has 0 radical (unpaired) electrons. The summed E-state index contributed by atoms with van der Waals surface area (Å²) in [6.45, 7) is 8.09. The summed E-state index contributed by atoms with van der Waals surface area (Å²) >= 11 is 0. The third-order valence-electron chi connectivity index (χ3n) is 4.82. The van der Waals surface area contributed by atoms with Crippen LogP contribution in [0.5, 0.6) is 0 Å². The van der Waals surface area contributed by atoms with Crippen LogP contribution in [0.15, 0.2) is 0 Å². The lowest BCUT2D eigenvalue weighted by atomic mass is 9.92. The van der Waals surface area contributed by atoms with Crippen LogP contribution in [-0.2, 0) is 0 Å². The summed E-state index contributed by atoms with van der Waals surface area (Å²) in [5.74, 6) is 0.701. The van der Waals surface area contributed by atoms with Crippen molar-refractivity contribution in [3.8, 4) is 0 Å². The maximum Gasteiger partial charge on any atom is 0.0628 e. The van der Waals surface area contributed by atoms with Gasteiger partial charge in [0, 0.05) is 12.6 Å². The van der Waals surface area contributed by atoms with E-state index in [1.54, 1.807) is 0 Å². The summed E-state index contributed by atoms with van der Waals surface area (Å²) in [4.78, 5) is 2.62. The summed E-state index contributed by atoms with van der Waals surface area (Å²) in [5.41, 5.74) is -0.0201. The van der Waals surface area contributed by atoms with Gasteiger partial charge in [0.05, 0.1) is 12.1 Å². The predicted octanol–water partition coefficient (Wildman–Crippen LogP) is 2.00. The molecule has 1 aliphatic heterocycles. The highest BCUT2D eigenvalue weighted by atomic mass is 16.3. The molecule has 1 heterocycles. The van der Waals surface area contributed by atoms with Crippen LogP contribution < -0.4 is 5.32 Å². The summed E-state index contributed by atoms with van der Waals surface area (Å²) in [7, 11) is 0. The highest BCUT2D eigenvalue weighted by Crippen LogP contribution is 2.41. The molecule has 3 nitrogen and oxygen atoms in total. The van der Waals surface area contributed by atoms with E-state index in [-0.39, 0.29) is 5.54 Å². The number of likely N-dealkylation sites (tertiary alicyclic amines) is 1. The predicted molar refractivity (Wildman–Crippen MR) is 75.7 cm³/mol. The summed E-state index contributed by atoms with van der Waals surface area (Å²) in [5, 5.41) is 13.6. The molecule has 0 bridgehead atoms. The topological polar surface area (TPSA) is 35.5 Å². The summed E-state index contributed by atoms with van der Waals surface area (Å²) in [6.07, 6.45) is 7.66. The van der Waals surface area contributed by atoms with Crippen molar-refractivity contribution >= 4 is 0 Å². The van der Waals surface area contributed by atoms with Crippen molar-refractivity contribution in [3.05, 3.63) is 0 Å². The Morgan fingerprint density at radius 2 is 2.06 bits per heavy atom. The second-order valence-electron chi connectivity index (χ2n) is 6.19. The van der Waals surface area contributed by atoms with Gasteiger partial charge in [-0.05, 0) is 57.5 Å². The number of nitrogens with one attached hydrogen (secondary N) is 1. The van der Waals surface area contributed by atoms with Gasteiger partial charge in [-0.15, -0.1) is 0 Å². The zero-order valence-corrected chi connectivity index (χ0v) is 12.1. The van der Waals surface area contributed by atoms with E-state index in [1.807, 2.05) is 0 Å². The average Bonchev–Trinajstić information content (AvgIpc) is 3.16. The Morgan fingerprint density at radius 3 is 2.61 bits per heavy atom. The molecule has 2 aliphatic rings. The molecule has 1 aliphatic carbocycles. The molecular weight excluding hydrogens is 224 g/mol. The second kappa shape index (κ2) is 6.36. The molecule has 3 heteroatoms. The normalized spacial score (nSPS) is 28.5. The van der Waals surface area contributed by atoms with E-state index >= 15 is 0 Å². The fraction of sp³-hybridized carbons (Fsp3) is 1.00. The van der Waals surface area contributed by atoms with E-state index in [1.165, 1.54) is 38.6 Å². The SMILES string of the molecule is CCCNC(CO)(CN1CCCC1CC)C1CC1. The van der Waals surface area contributed by atoms with Gasteiger partial charge in [0.15, 0.2) is 0 Å². The monoisotopic (exact) mass is 254 g/mol. The molecule has 0 aromatic heterocycles. The van der Waals surface area contributed by atoms with Crippen LogP contribution >= 0.6 is 0 Å². The maximum absolute atomic E-state index is 9.94. The fourth-order valence-corrected chi connectivity index (χ4v) is 3.50. The first-order valence-electron chi connectivity index (χ1n) is 7.85. The van der Waals surface area contributed by atoms with Crippen LogP contribution in [0.3, 0.4) is 0 Å². The number of aliphatic hydroxyl groups is 1. The van der Waals surface area contributed by atoms with Crippen molar-refractivity contribution in [2.45, 2.75) is 64.0 Å². The number of hydrogen-bond donors (Lipinski definition) is 2. The zero-order chi connectivity index (χ0) is 13.0. The van der Waals surface area contributed by atoms with Gasteiger partial charge in [0.25, 0.3) is 0 Å². The van der Waals surface area contributed by atoms with Crippen molar-refractivity contribution in [1.29, 1.82) is 0 Å². The molecule has 0 spiro atoms. The number of nitrogens with zero attached hydrogens (tertiary/aromatic N) is 1. The summed E-state index contributed by atoms with van der Waals surface area (Å²) < 4.78 is 0. The van der Waals surface area contributed by atoms with Crippen LogP contribution in [0, 0.1) is 5.92 Å². The van der Waals surface area contributed by atoms with Crippen LogP contribution in [0.25, 0.3) is 0 Å². The van der Waals surface area contributed by atoms with Crippen LogP contribution in [0.4, 0.5) is 0 Å².